The number of hydrogen-bond acceptors (Lipinski definition) is 5. The SMILES string of the molecule is COc1cc2sc(C3=CC(C(=O)O)CS3)nc2cc1F. The molecule has 7 heteroatoms. The lowest BCUT2D eigenvalue weighted by atomic mass is 10.2. The first-order chi connectivity index (χ1) is 9.58. The van der Waals surface area contributed by atoms with Crippen molar-refractivity contribution in [1.82, 2.24) is 4.98 Å². The first-order valence-corrected chi connectivity index (χ1v) is 7.60. The maximum absolute atomic E-state index is 13.6. The highest BCUT2D eigenvalue weighted by molar-refractivity contribution is 8.08. The van der Waals surface area contributed by atoms with E-state index in [0.29, 0.717) is 11.3 Å². The predicted molar refractivity (Wildman–Crippen MR) is 77.7 cm³/mol. The Morgan fingerprint density at radius 3 is 3.00 bits per heavy atom. The summed E-state index contributed by atoms with van der Waals surface area (Å²) < 4.78 is 19.4. The summed E-state index contributed by atoms with van der Waals surface area (Å²) in [5.74, 6) is -1.06. The molecule has 0 bridgehead atoms. The first-order valence-electron chi connectivity index (χ1n) is 5.80. The molecule has 0 aliphatic carbocycles. The van der Waals surface area contributed by atoms with Gasteiger partial charge >= 0.3 is 5.97 Å². The van der Waals surface area contributed by atoms with Crippen LogP contribution in [0.3, 0.4) is 0 Å². The van der Waals surface area contributed by atoms with Crippen molar-refractivity contribution in [3.8, 4) is 5.75 Å². The molecule has 1 unspecified atom stereocenters. The van der Waals surface area contributed by atoms with Gasteiger partial charge in [-0.1, -0.05) is 6.08 Å². The molecule has 20 heavy (non-hydrogen) atoms. The number of aromatic nitrogens is 1. The van der Waals surface area contributed by atoms with Crippen LogP contribution in [-0.2, 0) is 4.79 Å². The van der Waals surface area contributed by atoms with Crippen LogP contribution < -0.4 is 4.74 Å². The summed E-state index contributed by atoms with van der Waals surface area (Å²) in [6.45, 7) is 0. The number of halogens is 1. The molecule has 1 aromatic carbocycles. The third-order valence-corrected chi connectivity index (χ3v) is 5.31. The Hall–Kier alpha value is -1.60. The summed E-state index contributed by atoms with van der Waals surface area (Å²) in [7, 11) is 1.42. The van der Waals surface area contributed by atoms with Crippen molar-refractivity contribution >= 4 is 44.2 Å². The Labute approximate surface area is 122 Å². The van der Waals surface area contributed by atoms with Crippen molar-refractivity contribution in [2.24, 2.45) is 5.92 Å². The Morgan fingerprint density at radius 1 is 1.55 bits per heavy atom. The molecule has 0 spiro atoms. The molecule has 0 amide bonds. The molecule has 4 nitrogen and oxygen atoms in total. The van der Waals surface area contributed by atoms with Crippen LogP contribution in [0.15, 0.2) is 18.2 Å². The van der Waals surface area contributed by atoms with Crippen LogP contribution in [0.1, 0.15) is 5.01 Å². The molecule has 3 rings (SSSR count). The number of hydrogen-bond donors (Lipinski definition) is 1. The molecule has 1 aromatic heterocycles. The van der Waals surface area contributed by atoms with Gasteiger partial charge in [0.05, 0.1) is 23.2 Å². The van der Waals surface area contributed by atoms with Crippen LogP contribution in [0.25, 0.3) is 15.1 Å². The van der Waals surface area contributed by atoms with Crippen LogP contribution in [0.2, 0.25) is 0 Å². The molecule has 1 aliphatic rings. The molecule has 0 radical (unpaired) electrons. The number of carboxylic acid groups (broad SMARTS) is 1. The lowest BCUT2D eigenvalue weighted by molar-refractivity contribution is -0.139. The van der Waals surface area contributed by atoms with Crippen molar-refractivity contribution in [2.45, 2.75) is 0 Å². The zero-order valence-corrected chi connectivity index (χ0v) is 12.1. The van der Waals surface area contributed by atoms with Crippen molar-refractivity contribution < 1.29 is 19.0 Å². The van der Waals surface area contributed by atoms with Crippen molar-refractivity contribution in [3.63, 3.8) is 0 Å². The van der Waals surface area contributed by atoms with Gasteiger partial charge in [-0.05, 0) is 0 Å². The number of benzene rings is 1. The van der Waals surface area contributed by atoms with E-state index in [1.807, 2.05) is 0 Å². The lowest BCUT2D eigenvalue weighted by Gasteiger charge is -1.99. The van der Waals surface area contributed by atoms with Crippen molar-refractivity contribution in [1.29, 1.82) is 0 Å². The van der Waals surface area contributed by atoms with Gasteiger partial charge in [0.15, 0.2) is 11.6 Å². The van der Waals surface area contributed by atoms with E-state index >= 15 is 0 Å². The molecule has 0 saturated carbocycles. The average Bonchev–Trinajstić information content (AvgIpc) is 3.03. The quantitative estimate of drug-likeness (QED) is 0.943. The zero-order chi connectivity index (χ0) is 14.3. The fourth-order valence-corrected chi connectivity index (χ4v) is 4.15. The van der Waals surface area contributed by atoms with Gasteiger partial charge in [-0.25, -0.2) is 9.37 Å². The second-order valence-corrected chi connectivity index (χ2v) is 6.35. The molecule has 1 aliphatic heterocycles. The number of nitrogens with zero attached hydrogens (tertiary/aromatic N) is 1. The number of fused-ring (bicyclic) bond motifs is 1. The van der Waals surface area contributed by atoms with Crippen molar-refractivity contribution in [2.75, 3.05) is 12.9 Å². The van der Waals surface area contributed by atoms with Crippen LogP contribution in [0.5, 0.6) is 5.75 Å². The minimum absolute atomic E-state index is 0.184. The van der Waals surface area contributed by atoms with Gasteiger partial charge in [-0.15, -0.1) is 23.1 Å². The number of carbonyl (C=O) groups is 1. The van der Waals surface area contributed by atoms with E-state index in [-0.39, 0.29) is 5.75 Å². The van der Waals surface area contributed by atoms with Crippen LogP contribution in [0, 0.1) is 11.7 Å². The summed E-state index contributed by atoms with van der Waals surface area (Å²) >= 11 is 2.87. The topological polar surface area (TPSA) is 59.4 Å². The second-order valence-electron chi connectivity index (χ2n) is 4.26. The van der Waals surface area contributed by atoms with E-state index in [1.54, 1.807) is 12.1 Å². The second kappa shape index (κ2) is 5.06. The standard InChI is InChI=1S/C13H10FNO3S2/c1-18-9-4-10-8(3-7(9)14)15-12(20-10)11-2-6(5-19-11)13(16)17/h2-4,6H,5H2,1H3,(H,16,17). The van der Waals surface area contributed by atoms with Crippen molar-refractivity contribution in [3.05, 3.63) is 29.0 Å². The smallest absolute Gasteiger partial charge is 0.311 e. The van der Waals surface area contributed by atoms with E-state index in [1.165, 1.54) is 36.3 Å². The first kappa shape index (κ1) is 13.4. The lowest BCUT2D eigenvalue weighted by Crippen LogP contribution is -2.10. The summed E-state index contributed by atoms with van der Waals surface area (Å²) in [6, 6.07) is 2.95. The Kier molecular flexibility index (Phi) is 3.39. The number of methoxy groups -OCH3 is 1. The van der Waals surface area contributed by atoms with E-state index in [2.05, 4.69) is 4.98 Å². The van der Waals surface area contributed by atoms with Gasteiger partial charge in [0, 0.05) is 22.8 Å². The van der Waals surface area contributed by atoms with Gasteiger partial charge < -0.3 is 9.84 Å². The normalized spacial score (nSPS) is 18.3. The fraction of sp³-hybridized carbons (Fsp3) is 0.231. The molecule has 1 N–H and O–H groups in total. The number of aliphatic carboxylic acids is 1. The molecule has 0 saturated heterocycles. The molecule has 0 fully saturated rings. The zero-order valence-electron chi connectivity index (χ0n) is 10.4. The van der Waals surface area contributed by atoms with E-state index in [4.69, 9.17) is 9.84 Å². The van der Waals surface area contributed by atoms with E-state index < -0.39 is 17.7 Å². The predicted octanol–water partition coefficient (Wildman–Crippen LogP) is 3.23. The number of ether oxygens (including phenoxy) is 1. The van der Waals surface area contributed by atoms with E-state index in [0.717, 1.165) is 14.6 Å². The minimum atomic E-state index is -0.832. The fourth-order valence-electron chi connectivity index (χ4n) is 1.93. The largest absolute Gasteiger partial charge is 0.494 e. The van der Waals surface area contributed by atoms with Gasteiger partial charge in [0.25, 0.3) is 0 Å². The molecule has 2 aromatic rings. The Bertz CT molecular complexity index is 726. The highest BCUT2D eigenvalue weighted by Gasteiger charge is 2.25. The summed E-state index contributed by atoms with van der Waals surface area (Å²) in [4.78, 5) is 16.1. The summed E-state index contributed by atoms with van der Waals surface area (Å²) in [5.41, 5.74) is 0.559. The molecular weight excluding hydrogens is 301 g/mol. The summed E-state index contributed by atoms with van der Waals surface area (Å²) in [6.07, 6.45) is 1.71. The third kappa shape index (κ3) is 2.27. The van der Waals surface area contributed by atoms with Gasteiger partial charge in [-0.2, -0.15) is 0 Å². The van der Waals surface area contributed by atoms with Gasteiger partial charge in [-0.3, -0.25) is 4.79 Å². The molecule has 1 atom stereocenters. The maximum atomic E-state index is 13.6. The number of carboxylic acids is 1. The maximum Gasteiger partial charge on any atom is 0.311 e. The average molecular weight is 311 g/mol. The van der Waals surface area contributed by atoms with E-state index in [9.17, 15) is 9.18 Å². The number of thiazole rings is 1. The van der Waals surface area contributed by atoms with Crippen LogP contribution in [0.4, 0.5) is 4.39 Å². The molecular formula is C13H10FNO3S2. The summed E-state index contributed by atoms with van der Waals surface area (Å²) in [5, 5.41) is 9.70. The van der Waals surface area contributed by atoms with Gasteiger partial charge in [0.1, 0.15) is 5.01 Å². The minimum Gasteiger partial charge on any atom is -0.494 e. The van der Waals surface area contributed by atoms with Crippen LogP contribution >= 0.6 is 23.1 Å². The highest BCUT2D eigenvalue weighted by Crippen LogP contribution is 2.41. The molecule has 104 valence electrons. The number of rotatable bonds is 3. The monoisotopic (exact) mass is 311 g/mol. The van der Waals surface area contributed by atoms with Crippen LogP contribution in [-0.4, -0.2) is 28.9 Å². The third-order valence-electron chi connectivity index (χ3n) is 2.96. The molecule has 2 heterocycles. The Morgan fingerprint density at radius 2 is 2.35 bits per heavy atom. The Balaban J connectivity index is 2.02. The highest BCUT2D eigenvalue weighted by atomic mass is 32.2. The van der Waals surface area contributed by atoms with Gasteiger partial charge in [0.2, 0.25) is 0 Å². The number of thioether (sulfide) groups is 1.